The summed E-state index contributed by atoms with van der Waals surface area (Å²) in [4.78, 5) is 21.7. The Morgan fingerprint density at radius 3 is 2.59 bits per heavy atom. The van der Waals surface area contributed by atoms with E-state index < -0.39 is 0 Å². The van der Waals surface area contributed by atoms with E-state index in [4.69, 9.17) is 4.74 Å². The van der Waals surface area contributed by atoms with Crippen molar-refractivity contribution in [3.8, 4) is 5.75 Å². The van der Waals surface area contributed by atoms with Gasteiger partial charge >= 0.3 is 0 Å². The normalized spacial score (nSPS) is 14.9. The number of rotatable bonds is 5. The maximum Gasteiger partial charge on any atom is 0.254 e. The van der Waals surface area contributed by atoms with Crippen LogP contribution in [0.15, 0.2) is 54.6 Å². The summed E-state index contributed by atoms with van der Waals surface area (Å²) >= 11 is 0. The lowest BCUT2D eigenvalue weighted by Gasteiger charge is -2.34. The number of aryl methyl sites for hydroxylation is 1. The number of hydrogen-bond acceptors (Lipinski definition) is 4. The van der Waals surface area contributed by atoms with E-state index in [1.54, 1.807) is 12.1 Å². The van der Waals surface area contributed by atoms with Crippen LogP contribution >= 0.6 is 0 Å². The Kier molecular flexibility index (Phi) is 5.71. The van der Waals surface area contributed by atoms with Crippen LogP contribution in [0.1, 0.15) is 16.1 Å². The lowest BCUT2D eigenvalue weighted by molar-refractivity contribution is 0.0622. The van der Waals surface area contributed by atoms with Crippen molar-refractivity contribution in [2.24, 2.45) is 0 Å². The summed E-state index contributed by atoms with van der Waals surface area (Å²) in [6.07, 6.45) is 0. The third kappa shape index (κ3) is 4.54. The molecule has 0 atom stereocenters. The first-order valence-corrected chi connectivity index (χ1v) is 9.86. The van der Waals surface area contributed by atoms with Crippen LogP contribution in [0.3, 0.4) is 0 Å². The Hall–Kier alpha value is -2.99. The first-order chi connectivity index (χ1) is 14.1. The SMILES string of the molecule is Cc1cc(C(=O)N2CCN(CCOc3ccccc3)CC2)c2ccc(F)cc2n1. The molecule has 29 heavy (non-hydrogen) atoms. The molecule has 2 heterocycles. The fourth-order valence-corrected chi connectivity index (χ4v) is 3.67. The topological polar surface area (TPSA) is 45.7 Å². The molecular formula is C23H24FN3O2. The predicted molar refractivity (Wildman–Crippen MR) is 111 cm³/mol. The third-order valence-electron chi connectivity index (χ3n) is 5.21. The second-order valence-corrected chi connectivity index (χ2v) is 7.27. The quantitative estimate of drug-likeness (QED) is 0.665. The van der Waals surface area contributed by atoms with Gasteiger partial charge in [0.2, 0.25) is 0 Å². The molecule has 6 heteroatoms. The molecule has 0 spiro atoms. The number of carbonyl (C=O) groups is 1. The van der Waals surface area contributed by atoms with Gasteiger partial charge in [-0.2, -0.15) is 0 Å². The fraction of sp³-hybridized carbons (Fsp3) is 0.304. The van der Waals surface area contributed by atoms with Crippen molar-refractivity contribution in [2.45, 2.75) is 6.92 Å². The molecule has 2 aromatic carbocycles. The van der Waals surface area contributed by atoms with Crippen molar-refractivity contribution in [2.75, 3.05) is 39.3 Å². The number of aromatic nitrogens is 1. The third-order valence-corrected chi connectivity index (χ3v) is 5.21. The number of halogens is 1. The second kappa shape index (κ2) is 8.57. The maximum atomic E-state index is 13.6. The van der Waals surface area contributed by atoms with E-state index >= 15 is 0 Å². The Balaban J connectivity index is 1.36. The van der Waals surface area contributed by atoms with Crippen LogP contribution in [0.25, 0.3) is 10.9 Å². The Labute approximate surface area is 169 Å². The van der Waals surface area contributed by atoms with Crippen LogP contribution in [0.5, 0.6) is 5.75 Å². The number of hydrogen-bond donors (Lipinski definition) is 0. The number of fused-ring (bicyclic) bond motifs is 1. The number of ether oxygens (including phenoxy) is 1. The van der Waals surface area contributed by atoms with Gasteiger partial charge in [0.25, 0.3) is 5.91 Å². The van der Waals surface area contributed by atoms with Gasteiger partial charge in [-0.05, 0) is 37.3 Å². The zero-order chi connectivity index (χ0) is 20.2. The van der Waals surface area contributed by atoms with E-state index in [0.717, 1.165) is 25.4 Å². The highest BCUT2D eigenvalue weighted by atomic mass is 19.1. The standard InChI is InChI=1S/C23H24FN3O2/c1-17-15-21(20-8-7-18(24)16-22(20)25-17)23(28)27-11-9-26(10-12-27)13-14-29-19-5-3-2-4-6-19/h2-8,15-16H,9-14H2,1H3. The summed E-state index contributed by atoms with van der Waals surface area (Å²) in [5, 5.41) is 0.695. The second-order valence-electron chi connectivity index (χ2n) is 7.27. The van der Waals surface area contributed by atoms with Crippen molar-refractivity contribution in [1.29, 1.82) is 0 Å². The lowest BCUT2D eigenvalue weighted by Crippen LogP contribution is -2.49. The highest BCUT2D eigenvalue weighted by Gasteiger charge is 2.24. The van der Waals surface area contributed by atoms with Gasteiger partial charge in [-0.3, -0.25) is 14.7 Å². The number of benzene rings is 2. The van der Waals surface area contributed by atoms with Crippen molar-refractivity contribution in [1.82, 2.24) is 14.8 Å². The molecule has 0 radical (unpaired) electrons. The maximum absolute atomic E-state index is 13.6. The average molecular weight is 393 g/mol. The number of nitrogens with zero attached hydrogens (tertiary/aromatic N) is 3. The molecule has 1 aliphatic heterocycles. The fourth-order valence-electron chi connectivity index (χ4n) is 3.67. The van der Waals surface area contributed by atoms with E-state index in [9.17, 15) is 9.18 Å². The van der Waals surface area contributed by atoms with Gasteiger partial charge in [0.1, 0.15) is 18.2 Å². The Bertz CT molecular complexity index is 996. The molecule has 1 saturated heterocycles. The molecule has 3 aromatic rings. The van der Waals surface area contributed by atoms with Gasteiger partial charge in [0.05, 0.1) is 11.1 Å². The van der Waals surface area contributed by atoms with Crippen LogP contribution < -0.4 is 4.74 Å². The van der Waals surface area contributed by atoms with Gasteiger partial charge in [0, 0.05) is 49.9 Å². The molecule has 1 fully saturated rings. The number of carbonyl (C=O) groups excluding carboxylic acids is 1. The molecule has 1 aliphatic rings. The van der Waals surface area contributed by atoms with Gasteiger partial charge in [-0.15, -0.1) is 0 Å². The summed E-state index contributed by atoms with van der Waals surface area (Å²) in [6, 6.07) is 16.0. The molecule has 0 aliphatic carbocycles. The van der Waals surface area contributed by atoms with Crippen molar-refractivity contribution in [3.05, 3.63) is 71.7 Å². The largest absolute Gasteiger partial charge is 0.492 e. The van der Waals surface area contributed by atoms with Crippen LogP contribution in [-0.2, 0) is 0 Å². The molecule has 0 saturated carbocycles. The van der Waals surface area contributed by atoms with Crippen molar-refractivity contribution >= 4 is 16.8 Å². The summed E-state index contributed by atoms with van der Waals surface area (Å²) < 4.78 is 19.3. The van der Waals surface area contributed by atoms with Gasteiger partial charge in [-0.1, -0.05) is 18.2 Å². The molecule has 1 aromatic heterocycles. The Morgan fingerprint density at radius 2 is 1.83 bits per heavy atom. The van der Waals surface area contributed by atoms with Gasteiger partial charge in [-0.25, -0.2) is 4.39 Å². The minimum absolute atomic E-state index is 0.0210. The average Bonchev–Trinajstić information content (AvgIpc) is 2.73. The molecule has 150 valence electrons. The zero-order valence-electron chi connectivity index (χ0n) is 16.5. The predicted octanol–water partition coefficient (Wildman–Crippen LogP) is 3.52. The zero-order valence-corrected chi connectivity index (χ0v) is 16.5. The van der Waals surface area contributed by atoms with Crippen LogP contribution in [0.2, 0.25) is 0 Å². The van der Waals surface area contributed by atoms with Crippen molar-refractivity contribution in [3.63, 3.8) is 0 Å². The van der Waals surface area contributed by atoms with E-state index in [-0.39, 0.29) is 11.7 Å². The minimum atomic E-state index is -0.347. The summed E-state index contributed by atoms with van der Waals surface area (Å²) in [5.74, 6) is 0.505. The molecule has 0 N–H and O–H groups in total. The highest BCUT2D eigenvalue weighted by molar-refractivity contribution is 6.06. The first-order valence-electron chi connectivity index (χ1n) is 9.86. The molecule has 1 amide bonds. The summed E-state index contributed by atoms with van der Waals surface area (Å²) in [7, 11) is 0. The lowest BCUT2D eigenvalue weighted by atomic mass is 10.1. The van der Waals surface area contributed by atoms with Gasteiger partial charge in [0.15, 0.2) is 0 Å². The summed E-state index contributed by atoms with van der Waals surface area (Å²) in [6.45, 7) is 6.21. The van der Waals surface area contributed by atoms with Gasteiger partial charge < -0.3 is 9.64 Å². The van der Waals surface area contributed by atoms with Crippen LogP contribution in [0, 0.1) is 12.7 Å². The summed E-state index contributed by atoms with van der Waals surface area (Å²) in [5.41, 5.74) is 1.82. The van der Waals surface area contributed by atoms with E-state index in [0.29, 0.717) is 41.9 Å². The molecular weight excluding hydrogens is 369 g/mol. The van der Waals surface area contributed by atoms with Crippen molar-refractivity contribution < 1.29 is 13.9 Å². The van der Waals surface area contributed by atoms with E-state index in [1.807, 2.05) is 42.2 Å². The highest BCUT2D eigenvalue weighted by Crippen LogP contribution is 2.22. The van der Waals surface area contributed by atoms with E-state index in [2.05, 4.69) is 9.88 Å². The molecule has 4 rings (SSSR count). The monoisotopic (exact) mass is 393 g/mol. The number of pyridine rings is 1. The number of piperazine rings is 1. The minimum Gasteiger partial charge on any atom is -0.492 e. The molecule has 0 unspecified atom stereocenters. The molecule has 5 nitrogen and oxygen atoms in total. The number of amides is 1. The van der Waals surface area contributed by atoms with Crippen LogP contribution in [0.4, 0.5) is 4.39 Å². The molecule has 0 bridgehead atoms. The first kappa shape index (κ1) is 19.3. The smallest absolute Gasteiger partial charge is 0.254 e. The number of para-hydroxylation sites is 1. The Morgan fingerprint density at radius 1 is 1.07 bits per heavy atom. The van der Waals surface area contributed by atoms with E-state index in [1.165, 1.54) is 12.1 Å². The van der Waals surface area contributed by atoms with Crippen LogP contribution in [-0.4, -0.2) is 60.0 Å².